The second kappa shape index (κ2) is 8.72. The van der Waals surface area contributed by atoms with Crippen LogP contribution in [0.2, 0.25) is 0 Å². The van der Waals surface area contributed by atoms with Gasteiger partial charge in [-0.3, -0.25) is 9.09 Å². The summed E-state index contributed by atoms with van der Waals surface area (Å²) in [5.74, 6) is 1.83. The average molecular weight is 526 g/mol. The van der Waals surface area contributed by atoms with E-state index in [1.807, 2.05) is 5.92 Å². The van der Waals surface area contributed by atoms with Gasteiger partial charge in [0.15, 0.2) is 11.0 Å². The summed E-state index contributed by atoms with van der Waals surface area (Å²) < 4.78 is 51.7. The highest BCUT2D eigenvalue weighted by molar-refractivity contribution is 7.72. The Balaban J connectivity index is 2.31. The lowest BCUT2D eigenvalue weighted by Gasteiger charge is -2.26. The highest BCUT2D eigenvalue weighted by Crippen LogP contribution is 2.67. The van der Waals surface area contributed by atoms with Crippen LogP contribution in [0.4, 0.5) is 0 Å². The molecule has 0 saturated carbocycles. The third-order valence-corrected chi connectivity index (χ3v) is 7.69. The van der Waals surface area contributed by atoms with Crippen LogP contribution < -0.4 is 0 Å². The van der Waals surface area contributed by atoms with E-state index < -0.39 is 47.7 Å². The Morgan fingerprint density at radius 1 is 1.20 bits per heavy atom. The fourth-order valence-corrected chi connectivity index (χ4v) is 5.79. The quantitative estimate of drug-likeness (QED) is 0.143. The molecule has 6 atom stereocenters. The molecule has 0 radical (unpaired) electrons. The van der Waals surface area contributed by atoms with Crippen LogP contribution in [-0.2, 0) is 31.6 Å². The molecule has 1 aliphatic heterocycles. The van der Waals surface area contributed by atoms with Crippen molar-refractivity contribution in [2.24, 2.45) is 0 Å². The van der Waals surface area contributed by atoms with Crippen molar-refractivity contribution in [3.8, 4) is 12.3 Å². The normalized spacial score (nSPS) is 30.9. The molecule has 7 N–H and O–H groups in total. The SMILES string of the molecule is C#CC1(O)[C@@H](O)[C@@H](OP(=O)(O)OP(=O)(O)OP(=O)(O)O)O[C@H]1n1ccc(=S)[nH]c1=S. The Morgan fingerprint density at radius 2 is 1.80 bits per heavy atom. The second-order valence-corrected chi connectivity index (χ2v) is 10.7. The zero-order valence-corrected chi connectivity index (χ0v) is 18.4. The first-order valence-corrected chi connectivity index (χ1v) is 12.5. The van der Waals surface area contributed by atoms with Gasteiger partial charge in [-0.1, -0.05) is 18.1 Å². The van der Waals surface area contributed by atoms with Crippen molar-refractivity contribution in [1.29, 1.82) is 0 Å². The molecule has 3 unspecified atom stereocenters. The van der Waals surface area contributed by atoms with E-state index >= 15 is 0 Å². The molecule has 0 aliphatic carbocycles. The molecule has 1 saturated heterocycles. The lowest BCUT2D eigenvalue weighted by molar-refractivity contribution is -0.135. The summed E-state index contributed by atoms with van der Waals surface area (Å²) in [7, 11) is -17.1. The molecule has 20 heteroatoms. The van der Waals surface area contributed by atoms with Crippen molar-refractivity contribution in [1.82, 2.24) is 9.55 Å². The van der Waals surface area contributed by atoms with Crippen molar-refractivity contribution >= 4 is 47.9 Å². The maximum Gasteiger partial charge on any atom is 0.490 e. The number of nitrogens with one attached hydrogen (secondary N) is 1. The number of H-pyrrole nitrogens is 1. The molecular weight excluding hydrogens is 513 g/mol. The minimum Gasteiger partial charge on any atom is -0.383 e. The number of aromatic nitrogens is 2. The van der Waals surface area contributed by atoms with E-state index in [9.17, 15) is 28.8 Å². The number of phosphoric acid groups is 3. The van der Waals surface area contributed by atoms with Crippen LogP contribution in [-0.4, -0.2) is 57.3 Å². The van der Waals surface area contributed by atoms with Gasteiger partial charge in [-0.05, 0) is 18.3 Å². The number of hydrogen-bond acceptors (Lipinski definition) is 11. The lowest BCUT2D eigenvalue weighted by atomic mass is 9.98. The van der Waals surface area contributed by atoms with Gasteiger partial charge in [0.05, 0.1) is 0 Å². The maximum atomic E-state index is 11.9. The van der Waals surface area contributed by atoms with Crippen LogP contribution in [0.5, 0.6) is 0 Å². The average Bonchev–Trinajstić information content (AvgIpc) is 2.76. The first-order valence-electron chi connectivity index (χ1n) is 7.17. The van der Waals surface area contributed by atoms with E-state index in [1.54, 1.807) is 0 Å². The van der Waals surface area contributed by atoms with Gasteiger partial charge in [0, 0.05) is 6.20 Å². The van der Waals surface area contributed by atoms with Crippen LogP contribution in [0.3, 0.4) is 0 Å². The summed E-state index contributed by atoms with van der Waals surface area (Å²) in [5.41, 5.74) is -2.59. The summed E-state index contributed by atoms with van der Waals surface area (Å²) in [6.07, 6.45) is 0.275. The van der Waals surface area contributed by atoms with E-state index in [0.717, 1.165) is 4.57 Å². The largest absolute Gasteiger partial charge is 0.490 e. The van der Waals surface area contributed by atoms with Gasteiger partial charge in [-0.2, -0.15) is 8.62 Å². The summed E-state index contributed by atoms with van der Waals surface area (Å²) >= 11 is 9.87. The Morgan fingerprint density at radius 3 is 2.30 bits per heavy atom. The highest BCUT2D eigenvalue weighted by atomic mass is 32.1. The standard InChI is InChI=1S/C10H13N2O13P3S2/c1-2-10(14)6(13)7(22-8(10)12-4-3-5(29)11-9(12)30)23-27(18,19)25-28(20,21)24-26(15,16)17/h1,3-4,6-8,13-14H,(H,18,19)(H,20,21)(H,11,29,30)(H2,15,16,17)/t6-,7+,8+,10?/m0/s1. The van der Waals surface area contributed by atoms with Gasteiger partial charge in [0.1, 0.15) is 10.7 Å². The number of hydrogen-bond donors (Lipinski definition) is 7. The molecule has 2 heterocycles. The van der Waals surface area contributed by atoms with E-state index in [4.69, 9.17) is 50.3 Å². The van der Waals surface area contributed by atoms with Crippen LogP contribution in [0.15, 0.2) is 12.3 Å². The van der Waals surface area contributed by atoms with Gasteiger partial charge in [-0.25, -0.2) is 13.7 Å². The minimum absolute atomic E-state index is 0.132. The predicted octanol–water partition coefficient (Wildman–Crippen LogP) is 0.199. The van der Waals surface area contributed by atoms with Crippen molar-refractivity contribution in [2.75, 3.05) is 0 Å². The van der Waals surface area contributed by atoms with Crippen molar-refractivity contribution in [3.63, 3.8) is 0 Å². The molecule has 2 rings (SSSR count). The summed E-state index contributed by atoms with van der Waals surface area (Å²) in [4.78, 5) is 38.3. The van der Waals surface area contributed by atoms with E-state index in [-0.39, 0.29) is 9.41 Å². The molecule has 1 aliphatic rings. The van der Waals surface area contributed by atoms with Crippen LogP contribution in [0.1, 0.15) is 6.23 Å². The molecule has 1 fully saturated rings. The number of ether oxygens (including phenoxy) is 1. The highest BCUT2D eigenvalue weighted by Gasteiger charge is 2.58. The van der Waals surface area contributed by atoms with Crippen molar-refractivity contribution in [3.05, 3.63) is 21.7 Å². The molecule has 0 aromatic carbocycles. The summed E-state index contributed by atoms with van der Waals surface area (Å²) in [6.45, 7) is 0. The molecular formula is C10H13N2O13P3S2. The third-order valence-electron chi connectivity index (χ3n) is 3.34. The molecule has 1 aromatic heterocycles. The van der Waals surface area contributed by atoms with Crippen LogP contribution >= 0.6 is 47.9 Å². The van der Waals surface area contributed by atoms with Gasteiger partial charge >= 0.3 is 23.5 Å². The Kier molecular flexibility index (Phi) is 7.45. The third kappa shape index (κ3) is 5.99. The number of nitrogens with zero attached hydrogens (tertiary/aromatic N) is 1. The van der Waals surface area contributed by atoms with Crippen molar-refractivity contribution in [2.45, 2.75) is 24.2 Å². The Bertz CT molecular complexity index is 1120. The van der Waals surface area contributed by atoms with Gasteiger partial charge in [-0.15, -0.1) is 6.42 Å². The second-order valence-electron chi connectivity index (χ2n) is 5.49. The monoisotopic (exact) mass is 526 g/mol. The van der Waals surface area contributed by atoms with Gasteiger partial charge in [0.25, 0.3) is 0 Å². The predicted molar refractivity (Wildman–Crippen MR) is 99.1 cm³/mol. The number of phosphoric ester groups is 1. The zero-order chi connectivity index (χ0) is 23.1. The van der Waals surface area contributed by atoms with Gasteiger partial charge in [0.2, 0.25) is 11.9 Å². The number of aliphatic hydroxyl groups is 2. The fourth-order valence-electron chi connectivity index (χ4n) is 2.22. The smallest absolute Gasteiger partial charge is 0.383 e. The summed E-state index contributed by atoms with van der Waals surface area (Å²) in [5, 5.41) is 20.8. The first-order chi connectivity index (χ1) is 13.5. The zero-order valence-electron chi connectivity index (χ0n) is 14.1. The minimum atomic E-state index is -5.82. The fraction of sp³-hybridized carbons (Fsp3) is 0.400. The molecule has 0 bridgehead atoms. The molecule has 1 aromatic rings. The Hall–Kier alpha value is -0.630. The molecule has 168 valence electrons. The lowest BCUT2D eigenvalue weighted by Crippen LogP contribution is -2.45. The van der Waals surface area contributed by atoms with E-state index in [1.165, 1.54) is 12.3 Å². The summed E-state index contributed by atoms with van der Waals surface area (Å²) in [6, 6.07) is 1.31. The molecule has 0 amide bonds. The number of aromatic amines is 1. The van der Waals surface area contributed by atoms with Crippen LogP contribution in [0, 0.1) is 21.8 Å². The van der Waals surface area contributed by atoms with E-state index in [2.05, 4.69) is 18.1 Å². The Labute approximate surface area is 177 Å². The number of terminal acetylenes is 1. The first kappa shape index (κ1) is 25.6. The number of aliphatic hydroxyl groups excluding tert-OH is 1. The number of rotatable bonds is 7. The molecule has 0 spiro atoms. The molecule has 15 nitrogen and oxygen atoms in total. The molecule has 30 heavy (non-hydrogen) atoms. The topological polar surface area (TPSA) is 230 Å². The van der Waals surface area contributed by atoms with E-state index in [0.29, 0.717) is 0 Å². The van der Waals surface area contributed by atoms with Gasteiger partial charge < -0.3 is 39.5 Å². The maximum absolute atomic E-state index is 11.9. The van der Waals surface area contributed by atoms with Crippen LogP contribution in [0.25, 0.3) is 0 Å². The van der Waals surface area contributed by atoms with Crippen molar-refractivity contribution < 1.29 is 61.4 Å².